The molecule has 7 heteroatoms. The van der Waals surface area contributed by atoms with Crippen molar-refractivity contribution in [2.75, 3.05) is 7.05 Å². The summed E-state index contributed by atoms with van der Waals surface area (Å²) in [6, 6.07) is 6.11. The van der Waals surface area contributed by atoms with Crippen molar-refractivity contribution in [3.63, 3.8) is 0 Å². The van der Waals surface area contributed by atoms with Crippen LogP contribution in [0.25, 0.3) is 0 Å². The van der Waals surface area contributed by atoms with Gasteiger partial charge in [0.2, 0.25) is 5.91 Å². The quantitative estimate of drug-likeness (QED) is 0.617. The number of nitrogens with one attached hydrogen (secondary N) is 1. The minimum Gasteiger partial charge on any atom is -0.359 e. The van der Waals surface area contributed by atoms with Crippen molar-refractivity contribution >= 4 is 23.3 Å². The third-order valence-corrected chi connectivity index (χ3v) is 6.37. The highest BCUT2D eigenvalue weighted by Gasteiger charge is 2.31. The maximum Gasteiger partial charge on any atom is 0.225 e. The van der Waals surface area contributed by atoms with E-state index in [1.165, 1.54) is 0 Å². The highest BCUT2D eigenvalue weighted by Crippen LogP contribution is 2.37. The molecule has 0 atom stereocenters. The summed E-state index contributed by atoms with van der Waals surface area (Å²) in [5, 5.41) is 12.2. The van der Waals surface area contributed by atoms with E-state index in [1.54, 1.807) is 7.05 Å². The van der Waals surface area contributed by atoms with Gasteiger partial charge in [0.05, 0.1) is 0 Å². The van der Waals surface area contributed by atoms with E-state index in [4.69, 9.17) is 11.6 Å². The molecule has 0 saturated heterocycles. The number of carbonyl (C=O) groups is 2. The minimum absolute atomic E-state index is 0.0297. The van der Waals surface area contributed by atoms with Crippen molar-refractivity contribution in [2.24, 2.45) is 5.41 Å². The molecule has 0 bridgehead atoms. The topological polar surface area (TPSA) is 76.9 Å². The van der Waals surface area contributed by atoms with Gasteiger partial charge in [-0.15, -0.1) is 10.2 Å². The Labute approximate surface area is 183 Å². The molecule has 1 amide bonds. The van der Waals surface area contributed by atoms with Crippen molar-refractivity contribution in [1.29, 1.82) is 0 Å². The number of benzene rings is 1. The minimum atomic E-state index is -0.458. The Morgan fingerprint density at radius 1 is 1.20 bits per heavy atom. The lowest BCUT2D eigenvalue weighted by Crippen LogP contribution is -2.35. The van der Waals surface area contributed by atoms with E-state index < -0.39 is 5.41 Å². The Morgan fingerprint density at radius 2 is 1.87 bits per heavy atom. The Balaban J connectivity index is 1.63. The zero-order valence-corrected chi connectivity index (χ0v) is 19.1. The molecule has 1 aliphatic carbocycles. The second-order valence-corrected chi connectivity index (χ2v) is 9.24. The largest absolute Gasteiger partial charge is 0.359 e. The highest BCUT2D eigenvalue weighted by molar-refractivity contribution is 6.31. The fourth-order valence-corrected chi connectivity index (χ4v) is 3.92. The van der Waals surface area contributed by atoms with Gasteiger partial charge in [0.1, 0.15) is 17.4 Å². The average molecular weight is 431 g/mol. The summed E-state index contributed by atoms with van der Waals surface area (Å²) < 4.78 is 2.21. The molecule has 1 heterocycles. The van der Waals surface area contributed by atoms with E-state index in [2.05, 4.69) is 20.1 Å². The van der Waals surface area contributed by atoms with Crippen molar-refractivity contribution < 1.29 is 9.59 Å². The summed E-state index contributed by atoms with van der Waals surface area (Å²) in [6.45, 7) is 5.84. The summed E-state index contributed by atoms with van der Waals surface area (Å²) in [4.78, 5) is 24.6. The average Bonchev–Trinajstić information content (AvgIpc) is 3.47. The zero-order valence-electron chi connectivity index (χ0n) is 18.3. The maximum absolute atomic E-state index is 12.6. The highest BCUT2D eigenvalue weighted by atomic mass is 35.5. The van der Waals surface area contributed by atoms with Gasteiger partial charge in [-0.1, -0.05) is 37.6 Å². The molecule has 1 N–H and O–H groups in total. The van der Waals surface area contributed by atoms with Gasteiger partial charge in [-0.25, -0.2) is 0 Å². The van der Waals surface area contributed by atoms with Crippen LogP contribution < -0.4 is 5.32 Å². The van der Waals surface area contributed by atoms with Crippen LogP contribution in [0.5, 0.6) is 0 Å². The van der Waals surface area contributed by atoms with Gasteiger partial charge in [-0.2, -0.15) is 0 Å². The molecule has 0 aliphatic heterocycles. The van der Waals surface area contributed by atoms with E-state index in [0.29, 0.717) is 43.2 Å². The SMILES string of the molecule is CNC(=O)C(C)(C)CCc1nnc(CCC(=O)Cc2cccc(Cl)c2C)n1C1CC1. The molecule has 0 unspecified atom stereocenters. The number of rotatable bonds is 10. The zero-order chi connectivity index (χ0) is 21.9. The Kier molecular flexibility index (Phi) is 6.96. The number of aromatic nitrogens is 3. The van der Waals surface area contributed by atoms with Crippen LogP contribution in [0.2, 0.25) is 5.02 Å². The van der Waals surface area contributed by atoms with Crippen LogP contribution in [0.15, 0.2) is 18.2 Å². The fourth-order valence-electron chi connectivity index (χ4n) is 3.73. The third-order valence-electron chi connectivity index (χ3n) is 5.96. The molecule has 1 fully saturated rings. The predicted octanol–water partition coefficient (Wildman–Crippen LogP) is 4.02. The second-order valence-electron chi connectivity index (χ2n) is 8.84. The number of aryl methyl sites for hydroxylation is 2. The molecule has 1 saturated carbocycles. The number of amides is 1. The molecule has 0 radical (unpaired) electrons. The van der Waals surface area contributed by atoms with Gasteiger partial charge in [-0.05, 0) is 43.4 Å². The predicted molar refractivity (Wildman–Crippen MR) is 118 cm³/mol. The van der Waals surface area contributed by atoms with Crippen LogP contribution in [-0.2, 0) is 28.9 Å². The van der Waals surface area contributed by atoms with Gasteiger partial charge in [0.25, 0.3) is 0 Å². The summed E-state index contributed by atoms with van der Waals surface area (Å²) >= 11 is 6.17. The molecule has 1 aromatic carbocycles. The molecular formula is C23H31ClN4O2. The first-order valence-corrected chi connectivity index (χ1v) is 11.0. The number of halogens is 1. The van der Waals surface area contributed by atoms with Crippen LogP contribution in [0.3, 0.4) is 0 Å². The van der Waals surface area contributed by atoms with Crippen molar-refractivity contribution in [1.82, 2.24) is 20.1 Å². The summed E-state index contributed by atoms with van der Waals surface area (Å²) in [6.07, 6.45) is 5.03. The third kappa shape index (κ3) is 5.28. The standard InChI is InChI=1S/C23H31ClN4O2/c1-15-16(6-5-7-19(15)24)14-18(29)10-11-20-26-27-21(28(20)17-8-9-17)12-13-23(2,3)22(30)25-4/h5-7,17H,8-14H2,1-4H3,(H,25,30). The summed E-state index contributed by atoms with van der Waals surface area (Å²) in [5.74, 6) is 2.00. The van der Waals surface area contributed by atoms with Crippen molar-refractivity contribution in [2.45, 2.75) is 71.8 Å². The van der Waals surface area contributed by atoms with E-state index in [-0.39, 0.29) is 11.7 Å². The molecule has 162 valence electrons. The van der Waals surface area contributed by atoms with Gasteiger partial charge in [-0.3, -0.25) is 9.59 Å². The van der Waals surface area contributed by atoms with Crippen LogP contribution in [0.1, 0.15) is 68.3 Å². The van der Waals surface area contributed by atoms with Crippen LogP contribution in [0, 0.1) is 12.3 Å². The van der Waals surface area contributed by atoms with Gasteiger partial charge in [0.15, 0.2) is 0 Å². The molecule has 0 spiro atoms. The Morgan fingerprint density at radius 3 is 2.50 bits per heavy atom. The smallest absolute Gasteiger partial charge is 0.225 e. The monoisotopic (exact) mass is 430 g/mol. The van der Waals surface area contributed by atoms with Gasteiger partial charge in [0, 0.05) is 49.2 Å². The van der Waals surface area contributed by atoms with Crippen LogP contribution >= 0.6 is 11.6 Å². The first-order valence-electron chi connectivity index (χ1n) is 10.6. The number of nitrogens with zero attached hydrogens (tertiary/aromatic N) is 3. The number of Topliss-reactive ketones (excluding diaryl/α,β-unsaturated/α-hetero) is 1. The first kappa shape index (κ1) is 22.5. The maximum atomic E-state index is 12.6. The fraction of sp³-hybridized carbons (Fsp3) is 0.565. The molecule has 1 aliphatic rings. The van der Waals surface area contributed by atoms with Gasteiger partial charge < -0.3 is 9.88 Å². The Bertz CT molecular complexity index is 931. The molecule has 30 heavy (non-hydrogen) atoms. The lowest BCUT2D eigenvalue weighted by atomic mass is 9.86. The Hall–Kier alpha value is -2.21. The molecule has 1 aromatic heterocycles. The van der Waals surface area contributed by atoms with Crippen LogP contribution in [0.4, 0.5) is 0 Å². The first-order chi connectivity index (χ1) is 14.2. The van der Waals surface area contributed by atoms with E-state index in [0.717, 1.165) is 35.6 Å². The molecule has 2 aromatic rings. The number of ketones is 1. The lowest BCUT2D eigenvalue weighted by Gasteiger charge is -2.22. The molecular weight excluding hydrogens is 400 g/mol. The number of carbonyl (C=O) groups excluding carboxylic acids is 2. The van der Waals surface area contributed by atoms with E-state index in [1.807, 2.05) is 39.0 Å². The van der Waals surface area contributed by atoms with E-state index in [9.17, 15) is 9.59 Å². The van der Waals surface area contributed by atoms with Crippen molar-refractivity contribution in [3.05, 3.63) is 46.0 Å². The van der Waals surface area contributed by atoms with Crippen molar-refractivity contribution in [3.8, 4) is 0 Å². The summed E-state index contributed by atoms with van der Waals surface area (Å²) in [5.41, 5.74) is 1.49. The van der Waals surface area contributed by atoms with Gasteiger partial charge >= 0.3 is 0 Å². The number of hydrogen-bond donors (Lipinski definition) is 1. The second kappa shape index (κ2) is 9.29. The van der Waals surface area contributed by atoms with Crippen LogP contribution in [-0.4, -0.2) is 33.5 Å². The number of hydrogen-bond acceptors (Lipinski definition) is 4. The lowest BCUT2D eigenvalue weighted by molar-refractivity contribution is -0.129. The normalized spacial score (nSPS) is 14.0. The molecule has 3 rings (SSSR count). The summed E-state index contributed by atoms with van der Waals surface area (Å²) in [7, 11) is 1.66. The van der Waals surface area contributed by atoms with E-state index >= 15 is 0 Å². The molecule has 6 nitrogen and oxygen atoms in total.